The van der Waals surface area contributed by atoms with Crippen molar-refractivity contribution >= 4 is 0 Å². The molecule has 126 valence electrons. The van der Waals surface area contributed by atoms with Gasteiger partial charge in [-0.25, -0.2) is 8.78 Å². The van der Waals surface area contributed by atoms with Crippen LogP contribution < -0.4 is 5.32 Å². The highest BCUT2D eigenvalue weighted by Crippen LogP contribution is 2.13. The molecule has 1 aliphatic rings. The molecule has 0 radical (unpaired) electrons. The second-order valence-corrected chi connectivity index (χ2v) is 6.30. The molecule has 1 rings (SSSR count). The predicted molar refractivity (Wildman–Crippen MR) is 82.1 cm³/mol. The maximum atomic E-state index is 13.4. The molecule has 1 saturated heterocycles. The van der Waals surface area contributed by atoms with E-state index in [2.05, 4.69) is 22.2 Å². The Kier molecular flexibility index (Phi) is 8.63. The molecule has 0 bridgehead atoms. The van der Waals surface area contributed by atoms with Gasteiger partial charge in [0.2, 0.25) is 0 Å². The highest BCUT2D eigenvalue weighted by Gasteiger charge is 2.28. The molecular formula is C15H31F2N3O. The average Bonchev–Trinajstić information content (AvgIpc) is 2.42. The maximum absolute atomic E-state index is 13.4. The summed E-state index contributed by atoms with van der Waals surface area (Å²) in [5.74, 6) is -2.78. The molecule has 0 unspecified atom stereocenters. The molecule has 0 atom stereocenters. The Morgan fingerprint density at radius 2 is 1.81 bits per heavy atom. The smallest absolute Gasteiger partial charge is 0.283 e. The van der Waals surface area contributed by atoms with E-state index in [9.17, 15) is 8.78 Å². The number of nitrogens with one attached hydrogen (secondary N) is 1. The van der Waals surface area contributed by atoms with E-state index in [0.29, 0.717) is 6.61 Å². The van der Waals surface area contributed by atoms with E-state index in [-0.39, 0.29) is 12.6 Å². The van der Waals surface area contributed by atoms with Crippen molar-refractivity contribution in [2.45, 2.75) is 38.7 Å². The minimum absolute atomic E-state index is 0.0689. The van der Waals surface area contributed by atoms with Crippen molar-refractivity contribution in [1.29, 1.82) is 0 Å². The van der Waals surface area contributed by atoms with Crippen LogP contribution in [-0.4, -0.2) is 81.3 Å². The third kappa shape index (κ3) is 9.34. The first-order valence-electron chi connectivity index (χ1n) is 7.99. The average molecular weight is 307 g/mol. The zero-order chi connectivity index (χ0) is 15.7. The van der Waals surface area contributed by atoms with Crippen molar-refractivity contribution in [2.24, 2.45) is 0 Å². The molecule has 0 aromatic carbocycles. The predicted octanol–water partition coefficient (Wildman–Crippen LogP) is 1.66. The molecule has 0 saturated carbocycles. The Morgan fingerprint density at radius 3 is 2.43 bits per heavy atom. The first-order chi connectivity index (χ1) is 9.89. The number of hydrogen-bond donors (Lipinski definition) is 1. The molecule has 6 heteroatoms. The van der Waals surface area contributed by atoms with Gasteiger partial charge in [0.25, 0.3) is 5.92 Å². The van der Waals surface area contributed by atoms with Gasteiger partial charge in [-0.3, -0.25) is 0 Å². The van der Waals surface area contributed by atoms with Crippen molar-refractivity contribution in [3.63, 3.8) is 0 Å². The first-order valence-corrected chi connectivity index (χ1v) is 7.99. The summed E-state index contributed by atoms with van der Waals surface area (Å²) >= 11 is 0. The minimum atomic E-state index is -2.78. The lowest BCUT2D eigenvalue weighted by Crippen LogP contribution is -2.44. The summed E-state index contributed by atoms with van der Waals surface area (Å²) in [6.07, 6.45) is 1.86. The number of alkyl halides is 2. The largest absolute Gasteiger partial charge is 0.375 e. The quantitative estimate of drug-likeness (QED) is 0.621. The number of halogens is 2. The van der Waals surface area contributed by atoms with Crippen molar-refractivity contribution < 1.29 is 13.5 Å². The van der Waals surface area contributed by atoms with Gasteiger partial charge in [0.05, 0.1) is 6.54 Å². The molecule has 21 heavy (non-hydrogen) atoms. The molecule has 1 aliphatic heterocycles. The third-order valence-electron chi connectivity index (χ3n) is 3.69. The molecule has 0 spiro atoms. The van der Waals surface area contributed by atoms with Crippen molar-refractivity contribution in [1.82, 2.24) is 15.1 Å². The number of piperazine rings is 1. The van der Waals surface area contributed by atoms with Gasteiger partial charge >= 0.3 is 0 Å². The van der Waals surface area contributed by atoms with E-state index in [4.69, 9.17) is 4.74 Å². The lowest BCUT2D eigenvalue weighted by atomic mass is 10.2. The van der Waals surface area contributed by atoms with Crippen LogP contribution in [0, 0.1) is 0 Å². The van der Waals surface area contributed by atoms with Gasteiger partial charge in [-0.1, -0.05) is 13.8 Å². The van der Waals surface area contributed by atoms with E-state index in [1.54, 1.807) is 0 Å². The normalized spacial score (nSPS) is 18.6. The van der Waals surface area contributed by atoms with Crippen LogP contribution in [0.1, 0.15) is 26.7 Å². The van der Waals surface area contributed by atoms with Crippen LogP contribution in [0.4, 0.5) is 8.78 Å². The molecule has 0 aromatic heterocycles. The van der Waals surface area contributed by atoms with Crippen LogP contribution in [0.3, 0.4) is 0 Å². The molecule has 0 aliphatic carbocycles. The number of likely N-dealkylation sites (N-methyl/N-ethyl adjacent to an activating group) is 1. The maximum Gasteiger partial charge on any atom is 0.283 e. The van der Waals surface area contributed by atoms with Crippen LogP contribution >= 0.6 is 0 Å². The van der Waals surface area contributed by atoms with E-state index in [1.807, 2.05) is 13.8 Å². The molecule has 0 aromatic rings. The fourth-order valence-corrected chi connectivity index (χ4v) is 2.24. The summed E-state index contributed by atoms with van der Waals surface area (Å²) in [6, 6.07) is 0.0689. The van der Waals surface area contributed by atoms with Crippen molar-refractivity contribution in [2.75, 3.05) is 59.5 Å². The fourth-order valence-electron chi connectivity index (χ4n) is 2.24. The summed E-state index contributed by atoms with van der Waals surface area (Å²) in [5.41, 5.74) is 0. The Balaban J connectivity index is 1.96. The Morgan fingerprint density at radius 1 is 1.14 bits per heavy atom. The standard InChI is InChI=1S/C15H31F2N3O/c1-14(2)18-12-15(16,17)13-21-11-5-4-6-20-9-7-19(3)8-10-20/h14,18H,4-13H2,1-3H3. The van der Waals surface area contributed by atoms with Crippen molar-refractivity contribution in [3.8, 4) is 0 Å². The minimum Gasteiger partial charge on any atom is -0.375 e. The monoisotopic (exact) mass is 307 g/mol. The van der Waals surface area contributed by atoms with E-state index < -0.39 is 12.5 Å². The SMILES string of the molecule is CC(C)NCC(F)(F)COCCCCN1CCN(C)CC1. The molecule has 1 heterocycles. The van der Waals surface area contributed by atoms with Gasteiger partial charge in [-0.2, -0.15) is 0 Å². The molecule has 0 amide bonds. The Hall–Kier alpha value is -0.300. The number of nitrogens with zero attached hydrogens (tertiary/aromatic N) is 2. The van der Waals surface area contributed by atoms with Gasteiger partial charge < -0.3 is 19.9 Å². The first kappa shape index (κ1) is 18.7. The van der Waals surface area contributed by atoms with Crippen LogP contribution in [-0.2, 0) is 4.74 Å². The van der Waals surface area contributed by atoms with Gasteiger partial charge in [-0.15, -0.1) is 0 Å². The van der Waals surface area contributed by atoms with Gasteiger partial charge in [0, 0.05) is 38.8 Å². The number of ether oxygens (including phenoxy) is 1. The summed E-state index contributed by atoms with van der Waals surface area (Å²) < 4.78 is 32.0. The second-order valence-electron chi connectivity index (χ2n) is 6.30. The third-order valence-corrected chi connectivity index (χ3v) is 3.69. The summed E-state index contributed by atoms with van der Waals surface area (Å²) in [4.78, 5) is 4.76. The Bertz CT molecular complexity index is 270. The van der Waals surface area contributed by atoms with Crippen LogP contribution in [0.15, 0.2) is 0 Å². The summed E-state index contributed by atoms with van der Waals surface area (Å²) in [6.45, 7) is 8.83. The van der Waals surface area contributed by atoms with E-state index >= 15 is 0 Å². The van der Waals surface area contributed by atoms with Crippen LogP contribution in [0.5, 0.6) is 0 Å². The van der Waals surface area contributed by atoms with Crippen LogP contribution in [0.2, 0.25) is 0 Å². The number of rotatable bonds is 10. The van der Waals surface area contributed by atoms with Gasteiger partial charge in [-0.05, 0) is 26.4 Å². The lowest BCUT2D eigenvalue weighted by molar-refractivity contribution is -0.0761. The van der Waals surface area contributed by atoms with Crippen LogP contribution in [0.25, 0.3) is 0 Å². The van der Waals surface area contributed by atoms with Gasteiger partial charge in [0.1, 0.15) is 6.61 Å². The summed E-state index contributed by atoms with van der Waals surface area (Å²) in [7, 11) is 2.14. The highest BCUT2D eigenvalue weighted by molar-refractivity contribution is 4.71. The molecular weight excluding hydrogens is 276 g/mol. The molecule has 4 nitrogen and oxygen atoms in total. The number of hydrogen-bond acceptors (Lipinski definition) is 4. The van der Waals surface area contributed by atoms with E-state index in [0.717, 1.165) is 45.6 Å². The molecule has 1 N–H and O–H groups in total. The van der Waals surface area contributed by atoms with Crippen molar-refractivity contribution in [3.05, 3.63) is 0 Å². The van der Waals surface area contributed by atoms with Gasteiger partial charge in [0.15, 0.2) is 0 Å². The second kappa shape index (κ2) is 9.66. The molecule has 1 fully saturated rings. The summed E-state index contributed by atoms with van der Waals surface area (Å²) in [5, 5.41) is 2.74. The topological polar surface area (TPSA) is 27.7 Å². The van der Waals surface area contributed by atoms with E-state index in [1.165, 1.54) is 0 Å². The number of unbranched alkanes of at least 4 members (excludes halogenated alkanes) is 1. The zero-order valence-corrected chi connectivity index (χ0v) is 13.7. The Labute approximate surface area is 127 Å². The highest BCUT2D eigenvalue weighted by atomic mass is 19.3. The fraction of sp³-hybridized carbons (Fsp3) is 1.00. The lowest BCUT2D eigenvalue weighted by Gasteiger charge is -2.32. The zero-order valence-electron chi connectivity index (χ0n) is 13.7.